The Balaban J connectivity index is 1.70. The van der Waals surface area contributed by atoms with Crippen molar-refractivity contribution in [3.05, 3.63) is 30.2 Å². The van der Waals surface area contributed by atoms with Gasteiger partial charge in [0, 0.05) is 20.3 Å². The second-order valence-corrected chi connectivity index (χ2v) is 8.23. The third kappa shape index (κ3) is 3.70. The fourth-order valence-electron chi connectivity index (χ4n) is 3.35. The van der Waals surface area contributed by atoms with E-state index >= 15 is 0 Å². The van der Waals surface area contributed by atoms with Crippen molar-refractivity contribution in [2.45, 2.75) is 0 Å². The second-order valence-electron chi connectivity index (χ2n) is 8.23. The average molecular weight is 395 g/mol. The van der Waals surface area contributed by atoms with E-state index in [1.165, 1.54) is 0 Å². The van der Waals surface area contributed by atoms with Crippen molar-refractivity contribution < 1.29 is 4.48 Å². The molecule has 0 bridgehead atoms. The zero-order valence-electron chi connectivity index (χ0n) is 17.3. The van der Waals surface area contributed by atoms with E-state index in [4.69, 9.17) is 11.1 Å². The third-order valence-corrected chi connectivity index (χ3v) is 5.28. The quantitative estimate of drug-likeness (QED) is 0.719. The molecule has 1 saturated heterocycles. The molecular weight excluding hydrogens is 368 g/mol. The van der Waals surface area contributed by atoms with Gasteiger partial charge in [0.15, 0.2) is 17.3 Å². The standard InChI is InChI=1S/C19H27N10/c1-26(2)16-5-6-28-19(24-16)15(12-22-28)23-17-13(20)11-14(21)18(25-17)27-7-9-29(3,4)10-8-27/h5-6,11-12,21H,7-10,20H2,1-4H3/q+1/b21-14?,23-17-. The predicted octanol–water partition coefficient (Wildman–Crippen LogP) is 0.492. The summed E-state index contributed by atoms with van der Waals surface area (Å²) in [4.78, 5) is 18.0. The molecule has 3 N–H and O–H groups in total. The number of fused-ring (bicyclic) bond motifs is 1. The normalized spacial score (nSPS) is 20.8. The highest BCUT2D eigenvalue weighted by Gasteiger charge is 2.29. The Hall–Kier alpha value is -3.27. The smallest absolute Gasteiger partial charge is 0.183 e. The van der Waals surface area contributed by atoms with Crippen molar-refractivity contribution in [2.24, 2.45) is 15.7 Å². The molecule has 0 amide bonds. The van der Waals surface area contributed by atoms with E-state index in [9.17, 15) is 0 Å². The Morgan fingerprint density at radius 3 is 2.66 bits per heavy atom. The lowest BCUT2D eigenvalue weighted by molar-refractivity contribution is -0.894. The number of dihydropyridines is 1. The predicted molar refractivity (Wildman–Crippen MR) is 115 cm³/mol. The molecule has 2 aliphatic rings. The highest BCUT2D eigenvalue weighted by Crippen LogP contribution is 2.22. The lowest BCUT2D eigenvalue weighted by atomic mass is 10.1. The fourth-order valence-corrected chi connectivity index (χ4v) is 3.35. The van der Waals surface area contributed by atoms with Crippen LogP contribution >= 0.6 is 0 Å². The number of piperazine rings is 1. The third-order valence-electron chi connectivity index (χ3n) is 5.28. The van der Waals surface area contributed by atoms with Gasteiger partial charge in [0.05, 0.1) is 57.9 Å². The summed E-state index contributed by atoms with van der Waals surface area (Å²) < 4.78 is 2.64. The van der Waals surface area contributed by atoms with Gasteiger partial charge in [-0.15, -0.1) is 0 Å². The summed E-state index contributed by atoms with van der Waals surface area (Å²) in [7, 11) is 8.30. The van der Waals surface area contributed by atoms with E-state index < -0.39 is 0 Å². The maximum Gasteiger partial charge on any atom is 0.183 e. The van der Waals surface area contributed by atoms with Crippen LogP contribution in [0.2, 0.25) is 0 Å². The topological polar surface area (TPSA) is 111 Å². The first-order chi connectivity index (χ1) is 13.7. The zero-order chi connectivity index (χ0) is 20.8. The second kappa shape index (κ2) is 6.96. The Morgan fingerprint density at radius 2 is 1.97 bits per heavy atom. The summed E-state index contributed by atoms with van der Waals surface area (Å²) in [5.74, 6) is 1.82. The Morgan fingerprint density at radius 1 is 1.24 bits per heavy atom. The minimum atomic E-state index is 0.321. The molecule has 2 aromatic rings. The van der Waals surface area contributed by atoms with Crippen molar-refractivity contribution in [1.82, 2.24) is 19.5 Å². The van der Waals surface area contributed by atoms with Crippen LogP contribution in [0.25, 0.3) is 5.65 Å². The number of anilines is 1. The first-order valence-electron chi connectivity index (χ1n) is 9.56. The highest BCUT2D eigenvalue weighted by molar-refractivity contribution is 6.48. The SMILES string of the molecule is CN(C)c1ccn2ncc(/N=C3\N=C(N4CC[N+](C)(C)CC4)C(=N)C=C3N)c2n1. The molecule has 4 heterocycles. The van der Waals surface area contributed by atoms with Gasteiger partial charge in [0.25, 0.3) is 0 Å². The summed E-state index contributed by atoms with van der Waals surface area (Å²) in [5, 5.41) is 12.6. The van der Waals surface area contributed by atoms with Crippen molar-refractivity contribution in [1.29, 1.82) is 5.41 Å². The number of nitrogens with two attached hydrogens (primary N) is 1. The molecule has 0 aliphatic carbocycles. The number of hydrogen-bond donors (Lipinski definition) is 2. The summed E-state index contributed by atoms with van der Waals surface area (Å²) >= 11 is 0. The molecule has 1 fully saturated rings. The van der Waals surface area contributed by atoms with Crippen LogP contribution in [0.3, 0.4) is 0 Å². The first kappa shape index (κ1) is 19.1. The molecule has 2 aliphatic heterocycles. The van der Waals surface area contributed by atoms with E-state index in [0.29, 0.717) is 34.4 Å². The lowest BCUT2D eigenvalue weighted by Crippen LogP contribution is -2.57. The van der Waals surface area contributed by atoms with Crippen LogP contribution in [0.4, 0.5) is 11.5 Å². The van der Waals surface area contributed by atoms with Crippen LogP contribution in [0.15, 0.2) is 40.2 Å². The van der Waals surface area contributed by atoms with Crippen molar-refractivity contribution in [3.8, 4) is 0 Å². The van der Waals surface area contributed by atoms with Crippen LogP contribution in [0.5, 0.6) is 0 Å². The maximum absolute atomic E-state index is 8.33. The molecule has 0 spiro atoms. The molecule has 10 nitrogen and oxygen atoms in total. The summed E-state index contributed by atoms with van der Waals surface area (Å²) in [5.41, 5.74) is 8.06. The molecule has 4 rings (SSSR count). The van der Waals surface area contributed by atoms with Gasteiger partial charge in [-0.3, -0.25) is 5.41 Å². The number of likely N-dealkylation sites (N-methyl/N-ethyl adjacent to an activating group) is 1. The number of rotatable bonds is 2. The monoisotopic (exact) mass is 395 g/mol. The van der Waals surface area contributed by atoms with Crippen LogP contribution in [-0.4, -0.2) is 95.7 Å². The Labute approximate surface area is 169 Å². The molecule has 152 valence electrons. The van der Waals surface area contributed by atoms with Crippen molar-refractivity contribution in [3.63, 3.8) is 0 Å². The van der Waals surface area contributed by atoms with E-state index in [1.807, 2.05) is 31.3 Å². The molecule has 0 aromatic carbocycles. The molecule has 0 saturated carbocycles. The number of quaternary nitrogens is 1. The molecule has 0 unspecified atom stereocenters. The Bertz CT molecular complexity index is 1050. The minimum absolute atomic E-state index is 0.321. The van der Waals surface area contributed by atoms with Crippen LogP contribution in [-0.2, 0) is 0 Å². The molecular formula is C19H27N10+. The molecule has 10 heteroatoms. The van der Waals surface area contributed by atoms with Gasteiger partial charge in [-0.05, 0) is 12.1 Å². The first-order valence-corrected chi connectivity index (χ1v) is 9.56. The summed E-state index contributed by atoms with van der Waals surface area (Å²) in [6, 6.07) is 1.89. The van der Waals surface area contributed by atoms with E-state index in [-0.39, 0.29) is 0 Å². The van der Waals surface area contributed by atoms with Crippen LogP contribution in [0, 0.1) is 5.41 Å². The van der Waals surface area contributed by atoms with Crippen molar-refractivity contribution in [2.75, 3.05) is 59.3 Å². The van der Waals surface area contributed by atoms with Gasteiger partial charge in [0.1, 0.15) is 11.5 Å². The summed E-state index contributed by atoms with van der Waals surface area (Å²) in [6.07, 6.45) is 5.12. The molecule has 0 radical (unpaired) electrons. The molecule has 29 heavy (non-hydrogen) atoms. The number of aromatic nitrogens is 3. The molecule has 2 aromatic heterocycles. The van der Waals surface area contributed by atoms with Crippen LogP contribution < -0.4 is 10.6 Å². The average Bonchev–Trinajstić information content (AvgIpc) is 3.06. The van der Waals surface area contributed by atoms with Gasteiger partial charge in [-0.25, -0.2) is 19.5 Å². The fraction of sp³-hybridized carbons (Fsp3) is 0.421. The van der Waals surface area contributed by atoms with E-state index in [2.05, 4.69) is 39.1 Å². The molecule has 0 atom stereocenters. The van der Waals surface area contributed by atoms with Gasteiger partial charge in [-0.1, -0.05) is 0 Å². The van der Waals surface area contributed by atoms with Gasteiger partial charge in [-0.2, -0.15) is 5.10 Å². The van der Waals surface area contributed by atoms with Gasteiger partial charge in [0.2, 0.25) is 0 Å². The number of nitrogens with one attached hydrogen (secondary N) is 1. The number of aliphatic imine (C=N–C) groups is 2. The largest absolute Gasteiger partial charge is 0.396 e. The summed E-state index contributed by atoms with van der Waals surface area (Å²) in [6.45, 7) is 3.70. The Kier molecular flexibility index (Phi) is 4.58. The number of nitrogens with zero attached hydrogens (tertiary/aromatic N) is 8. The number of hydrogen-bond acceptors (Lipinski definition) is 7. The minimum Gasteiger partial charge on any atom is -0.396 e. The maximum atomic E-state index is 8.33. The highest BCUT2D eigenvalue weighted by atomic mass is 15.4. The van der Waals surface area contributed by atoms with E-state index in [0.717, 1.165) is 36.5 Å². The zero-order valence-corrected chi connectivity index (χ0v) is 17.3. The van der Waals surface area contributed by atoms with Gasteiger partial charge >= 0.3 is 0 Å². The lowest BCUT2D eigenvalue weighted by Gasteiger charge is -2.40. The number of amidine groups is 2. The van der Waals surface area contributed by atoms with Gasteiger partial charge < -0.3 is 20.0 Å². The van der Waals surface area contributed by atoms with Crippen molar-refractivity contribution >= 4 is 34.5 Å². The van der Waals surface area contributed by atoms with E-state index in [1.54, 1.807) is 16.8 Å². The van der Waals surface area contributed by atoms with Crippen LogP contribution in [0.1, 0.15) is 0 Å².